The second-order valence-corrected chi connectivity index (χ2v) is 6.79. The number of amides is 2. The quantitative estimate of drug-likeness (QED) is 0.765. The largest absolute Gasteiger partial charge is 0.483 e. The number of rotatable bonds is 7. The summed E-state index contributed by atoms with van der Waals surface area (Å²) in [5.74, 6) is 0.0251. The Labute approximate surface area is 158 Å². The van der Waals surface area contributed by atoms with E-state index in [9.17, 15) is 9.59 Å². The van der Waals surface area contributed by atoms with E-state index in [1.165, 1.54) is 6.07 Å². The molecule has 0 aliphatic heterocycles. The Bertz CT molecular complexity index is 763. The molecule has 138 valence electrons. The Morgan fingerprint density at radius 3 is 2.42 bits per heavy atom. The maximum Gasteiger partial charge on any atom is 0.259 e. The van der Waals surface area contributed by atoms with Crippen molar-refractivity contribution in [2.24, 2.45) is 5.92 Å². The minimum absolute atomic E-state index is 0.0390. The first kappa shape index (κ1) is 19.8. The molecule has 1 atom stereocenters. The van der Waals surface area contributed by atoms with Gasteiger partial charge in [0, 0.05) is 16.8 Å². The molecule has 0 aliphatic rings. The van der Waals surface area contributed by atoms with Crippen molar-refractivity contribution in [3.63, 3.8) is 0 Å². The van der Waals surface area contributed by atoms with Crippen molar-refractivity contribution in [3.8, 4) is 5.75 Å². The number of halogens is 1. The Balaban J connectivity index is 2.07. The van der Waals surface area contributed by atoms with E-state index in [-0.39, 0.29) is 30.0 Å². The van der Waals surface area contributed by atoms with E-state index in [0.717, 1.165) is 0 Å². The van der Waals surface area contributed by atoms with Crippen LogP contribution in [0.1, 0.15) is 31.1 Å². The summed E-state index contributed by atoms with van der Waals surface area (Å²) in [5, 5.41) is 6.05. The molecule has 2 aromatic rings. The zero-order valence-electron chi connectivity index (χ0n) is 15.1. The molecule has 6 heteroatoms. The number of para-hydroxylation sites is 1. The number of nitrogens with one attached hydrogen (secondary N) is 2. The summed E-state index contributed by atoms with van der Waals surface area (Å²) >= 11 is 6.02. The molecule has 0 spiro atoms. The van der Waals surface area contributed by atoms with Gasteiger partial charge in [-0.25, -0.2) is 0 Å². The fourth-order valence-electron chi connectivity index (χ4n) is 2.13. The van der Waals surface area contributed by atoms with E-state index in [2.05, 4.69) is 10.6 Å². The predicted octanol–water partition coefficient (Wildman–Crippen LogP) is 4.13. The zero-order valence-corrected chi connectivity index (χ0v) is 15.8. The number of hydrogen-bond acceptors (Lipinski definition) is 3. The lowest BCUT2D eigenvalue weighted by atomic mass is 10.1. The topological polar surface area (TPSA) is 67.4 Å². The number of anilines is 1. The van der Waals surface area contributed by atoms with Crippen LogP contribution in [0.5, 0.6) is 5.75 Å². The smallest absolute Gasteiger partial charge is 0.259 e. The molecule has 0 aliphatic carbocycles. The van der Waals surface area contributed by atoms with Crippen LogP contribution in [-0.4, -0.2) is 24.5 Å². The molecule has 26 heavy (non-hydrogen) atoms. The van der Waals surface area contributed by atoms with Gasteiger partial charge in [0.05, 0.1) is 5.56 Å². The van der Waals surface area contributed by atoms with Crippen LogP contribution in [0.2, 0.25) is 5.02 Å². The predicted molar refractivity (Wildman–Crippen MR) is 104 cm³/mol. The van der Waals surface area contributed by atoms with Gasteiger partial charge in [-0.3, -0.25) is 9.59 Å². The molecule has 2 N–H and O–H groups in total. The van der Waals surface area contributed by atoms with Crippen LogP contribution in [0.15, 0.2) is 48.5 Å². The summed E-state index contributed by atoms with van der Waals surface area (Å²) in [5.41, 5.74) is 0.929. The van der Waals surface area contributed by atoms with Gasteiger partial charge in [-0.15, -0.1) is 0 Å². The average molecular weight is 375 g/mol. The van der Waals surface area contributed by atoms with Gasteiger partial charge < -0.3 is 15.4 Å². The molecule has 0 saturated carbocycles. The van der Waals surface area contributed by atoms with E-state index >= 15 is 0 Å². The van der Waals surface area contributed by atoms with Crippen LogP contribution in [-0.2, 0) is 4.79 Å². The minimum Gasteiger partial charge on any atom is -0.483 e. The summed E-state index contributed by atoms with van der Waals surface area (Å²) in [6, 6.07) is 13.8. The van der Waals surface area contributed by atoms with Crippen LogP contribution >= 0.6 is 11.6 Å². The number of hydrogen-bond donors (Lipinski definition) is 2. The fraction of sp³-hybridized carbons (Fsp3) is 0.300. The molecular formula is C20H23ClN2O3. The van der Waals surface area contributed by atoms with Gasteiger partial charge in [-0.2, -0.15) is 0 Å². The maximum absolute atomic E-state index is 12.5. The van der Waals surface area contributed by atoms with Crippen molar-refractivity contribution in [1.29, 1.82) is 0 Å². The van der Waals surface area contributed by atoms with E-state index in [1.54, 1.807) is 24.3 Å². The third-order valence-corrected chi connectivity index (χ3v) is 4.20. The Morgan fingerprint density at radius 2 is 1.77 bits per heavy atom. The van der Waals surface area contributed by atoms with Crippen LogP contribution in [0.3, 0.4) is 0 Å². The molecule has 2 rings (SSSR count). The minimum atomic E-state index is -0.357. The molecule has 0 aromatic heterocycles. The van der Waals surface area contributed by atoms with Crippen molar-refractivity contribution < 1.29 is 14.3 Å². The Morgan fingerprint density at radius 1 is 1.08 bits per heavy atom. The number of carbonyl (C=O) groups is 2. The van der Waals surface area contributed by atoms with Gasteiger partial charge in [-0.1, -0.05) is 43.6 Å². The molecule has 0 heterocycles. The van der Waals surface area contributed by atoms with Crippen molar-refractivity contribution >= 4 is 29.1 Å². The first-order chi connectivity index (χ1) is 12.4. The van der Waals surface area contributed by atoms with Crippen LogP contribution in [0.4, 0.5) is 5.69 Å². The first-order valence-corrected chi connectivity index (χ1v) is 8.82. The standard InChI is InChI=1S/C20H23ClN2O3/c1-13(2)14(3)22-19(24)12-26-18-10-9-15(21)11-17(18)20(25)23-16-7-5-4-6-8-16/h4-11,13-14H,12H2,1-3H3,(H,22,24)(H,23,25)/t14-/m1/s1. The molecule has 0 unspecified atom stereocenters. The molecule has 0 fully saturated rings. The average Bonchev–Trinajstić information content (AvgIpc) is 2.61. The molecule has 0 radical (unpaired) electrons. The summed E-state index contributed by atoms with van der Waals surface area (Å²) in [7, 11) is 0. The third kappa shape index (κ3) is 5.77. The zero-order chi connectivity index (χ0) is 19.1. The maximum atomic E-state index is 12.5. The van der Waals surface area contributed by atoms with E-state index in [4.69, 9.17) is 16.3 Å². The van der Waals surface area contributed by atoms with Gasteiger partial charge in [0.1, 0.15) is 5.75 Å². The Hall–Kier alpha value is -2.53. The Kier molecular flexibility index (Phi) is 7.04. The molecule has 2 amide bonds. The highest BCUT2D eigenvalue weighted by Gasteiger charge is 2.16. The number of benzene rings is 2. The lowest BCUT2D eigenvalue weighted by Gasteiger charge is -2.18. The third-order valence-electron chi connectivity index (χ3n) is 3.97. The molecule has 5 nitrogen and oxygen atoms in total. The number of carbonyl (C=O) groups excluding carboxylic acids is 2. The van der Waals surface area contributed by atoms with Crippen LogP contribution < -0.4 is 15.4 Å². The highest BCUT2D eigenvalue weighted by atomic mass is 35.5. The summed E-state index contributed by atoms with van der Waals surface area (Å²) in [6.07, 6.45) is 0. The van der Waals surface area contributed by atoms with Crippen molar-refractivity contribution in [3.05, 3.63) is 59.1 Å². The second-order valence-electron chi connectivity index (χ2n) is 6.35. The highest BCUT2D eigenvalue weighted by molar-refractivity contribution is 6.31. The highest BCUT2D eigenvalue weighted by Crippen LogP contribution is 2.24. The monoisotopic (exact) mass is 374 g/mol. The molecule has 0 saturated heterocycles. The van der Waals surface area contributed by atoms with Gasteiger partial charge in [0.2, 0.25) is 0 Å². The summed E-state index contributed by atoms with van der Waals surface area (Å²) in [4.78, 5) is 24.6. The molecule has 0 bridgehead atoms. The molecule has 2 aromatic carbocycles. The number of ether oxygens (including phenoxy) is 1. The lowest BCUT2D eigenvalue weighted by molar-refractivity contribution is -0.124. The normalized spacial score (nSPS) is 11.7. The molecular weight excluding hydrogens is 352 g/mol. The fourth-order valence-corrected chi connectivity index (χ4v) is 2.30. The van der Waals surface area contributed by atoms with Gasteiger partial charge in [-0.05, 0) is 43.2 Å². The van der Waals surface area contributed by atoms with Crippen molar-refractivity contribution in [2.75, 3.05) is 11.9 Å². The van der Waals surface area contributed by atoms with Gasteiger partial charge in [0.15, 0.2) is 6.61 Å². The van der Waals surface area contributed by atoms with Crippen LogP contribution in [0.25, 0.3) is 0 Å². The lowest BCUT2D eigenvalue weighted by Crippen LogP contribution is -2.39. The van der Waals surface area contributed by atoms with Crippen molar-refractivity contribution in [2.45, 2.75) is 26.8 Å². The summed E-state index contributed by atoms with van der Waals surface area (Å²) in [6.45, 7) is 5.81. The van der Waals surface area contributed by atoms with Gasteiger partial charge >= 0.3 is 0 Å². The van der Waals surface area contributed by atoms with Gasteiger partial charge in [0.25, 0.3) is 11.8 Å². The van der Waals surface area contributed by atoms with E-state index in [0.29, 0.717) is 22.4 Å². The van der Waals surface area contributed by atoms with Crippen molar-refractivity contribution in [1.82, 2.24) is 5.32 Å². The first-order valence-electron chi connectivity index (χ1n) is 8.45. The van der Waals surface area contributed by atoms with E-state index < -0.39 is 0 Å². The second kappa shape index (κ2) is 9.25. The van der Waals surface area contributed by atoms with Crippen LogP contribution in [0, 0.1) is 5.92 Å². The van der Waals surface area contributed by atoms with E-state index in [1.807, 2.05) is 39.0 Å². The summed E-state index contributed by atoms with van der Waals surface area (Å²) < 4.78 is 5.56. The SMILES string of the molecule is CC(C)[C@@H](C)NC(=O)COc1ccc(Cl)cc1C(=O)Nc1ccccc1.